The zero-order chi connectivity index (χ0) is 17.6. The fourth-order valence-corrected chi connectivity index (χ4v) is 0.224. The average molecular weight is 526 g/mol. The minimum absolute atomic E-state index is 0. The molecule has 0 aromatic rings. The Balaban J connectivity index is -0.0000000476. The van der Waals surface area contributed by atoms with E-state index < -0.39 is 55.9 Å². The first-order valence-electron chi connectivity index (χ1n) is 5.26. The molecule has 0 saturated carbocycles. The van der Waals surface area contributed by atoms with Crippen LogP contribution in [0.2, 0.25) is 0 Å². The SMILES string of the molecule is B.N[C@@H](CO)C(=O)[O-].N[C@@H](CO)C(=O)[O-].N[C@@H](CO)C(=O)[O-].[Fe+3].[Nd]. The molecule has 0 aliphatic heterocycles. The van der Waals surface area contributed by atoms with Crippen LogP contribution in [0.25, 0.3) is 0 Å². The van der Waals surface area contributed by atoms with E-state index in [2.05, 4.69) is 0 Å². The molecule has 0 amide bonds. The van der Waals surface area contributed by atoms with Crippen molar-refractivity contribution in [3.8, 4) is 0 Å². The van der Waals surface area contributed by atoms with Gasteiger partial charge in [-0.3, -0.25) is 0 Å². The molecule has 12 nitrogen and oxygen atoms in total. The van der Waals surface area contributed by atoms with Crippen LogP contribution in [0.3, 0.4) is 0 Å². The molecule has 0 unspecified atom stereocenters. The summed E-state index contributed by atoms with van der Waals surface area (Å²) >= 11 is 0. The van der Waals surface area contributed by atoms with E-state index in [-0.39, 0.29) is 66.3 Å². The summed E-state index contributed by atoms with van der Waals surface area (Å²) in [7, 11) is 0. The number of aliphatic carboxylic acids is 3. The molecule has 0 saturated heterocycles. The molecule has 0 bridgehead atoms. The number of carbonyl (C=O) groups is 3. The average Bonchev–Trinajstić information content (AvgIpc) is 2.45. The number of rotatable bonds is 6. The second-order valence-electron chi connectivity index (χ2n) is 3.32. The van der Waals surface area contributed by atoms with E-state index in [0.717, 1.165) is 0 Å². The Kier molecular flexibility index (Phi) is 41.5. The molecule has 141 valence electrons. The molecule has 0 aromatic heterocycles. The Hall–Kier alpha value is 0.105. The van der Waals surface area contributed by atoms with E-state index in [0.29, 0.717) is 0 Å². The van der Waals surface area contributed by atoms with Crippen LogP contribution in [-0.4, -0.2) is 79.6 Å². The van der Waals surface area contributed by atoms with Crippen molar-refractivity contribution < 1.29 is 103 Å². The number of hydrogen-bond acceptors (Lipinski definition) is 12. The van der Waals surface area contributed by atoms with E-state index in [1.165, 1.54) is 0 Å². The van der Waals surface area contributed by atoms with Crippen molar-refractivity contribution in [1.82, 2.24) is 0 Å². The Labute approximate surface area is 183 Å². The Morgan fingerprint density at radius 3 is 0.833 bits per heavy atom. The van der Waals surface area contributed by atoms with Crippen LogP contribution in [-0.2, 0) is 31.5 Å². The third-order valence-electron chi connectivity index (χ3n) is 1.50. The number of carboxylic acids is 3. The summed E-state index contributed by atoms with van der Waals surface area (Å²) in [6.07, 6.45) is 0. The van der Waals surface area contributed by atoms with Gasteiger partial charge in [0.1, 0.15) is 0 Å². The summed E-state index contributed by atoms with van der Waals surface area (Å²) in [5.74, 6) is -4.28. The Morgan fingerprint density at radius 2 is 0.833 bits per heavy atom. The van der Waals surface area contributed by atoms with Gasteiger partial charge in [0.05, 0.1) is 64.3 Å². The molecule has 0 aliphatic carbocycles. The van der Waals surface area contributed by atoms with Crippen molar-refractivity contribution in [2.24, 2.45) is 17.2 Å². The van der Waals surface area contributed by atoms with Crippen molar-refractivity contribution in [1.29, 1.82) is 0 Å². The molecule has 0 spiro atoms. The summed E-state index contributed by atoms with van der Waals surface area (Å²) in [5, 5.41) is 52.5. The van der Waals surface area contributed by atoms with Gasteiger partial charge in [0.25, 0.3) is 0 Å². The number of hydrogen-bond donors (Lipinski definition) is 6. The number of carbonyl (C=O) groups excluding carboxylic acids is 3. The number of nitrogens with two attached hydrogens (primary N) is 3. The molecule has 1 radical (unpaired) electrons. The summed E-state index contributed by atoms with van der Waals surface area (Å²) in [5.41, 5.74) is 14.1. The maximum atomic E-state index is 9.53. The van der Waals surface area contributed by atoms with Gasteiger partial charge < -0.3 is 62.2 Å². The quantitative estimate of drug-likeness (QED) is 0.176. The predicted molar refractivity (Wildman–Crippen MR) is 70.1 cm³/mol. The van der Waals surface area contributed by atoms with Crippen LogP contribution < -0.4 is 32.5 Å². The summed E-state index contributed by atoms with van der Waals surface area (Å²) in [6.45, 7) is -1.70. The predicted octanol–water partition coefficient (Wildman–Crippen LogP) is -10.0. The zero-order valence-electron chi connectivity index (χ0n) is 11.7. The molecule has 0 aromatic carbocycles. The Morgan fingerprint density at radius 1 is 0.708 bits per heavy atom. The van der Waals surface area contributed by atoms with Crippen molar-refractivity contribution in [2.45, 2.75) is 18.1 Å². The van der Waals surface area contributed by atoms with E-state index in [1.807, 2.05) is 0 Å². The topological polar surface area (TPSA) is 259 Å². The van der Waals surface area contributed by atoms with Gasteiger partial charge in [0.2, 0.25) is 0 Å². The minimum Gasteiger partial charge on any atom is -0.548 e. The van der Waals surface area contributed by atoms with E-state index in [4.69, 9.17) is 32.5 Å². The standard InChI is InChI=1S/3C3H7NO3.BH3.Fe.Nd/c3*4-2(1-5)3(6)7;;;/h3*2,5H,1,4H2,(H,6,7);1H3;;/q;;;;+3;/p-3/t3*2-;;;/m000.../s1. The third kappa shape index (κ3) is 30.0. The van der Waals surface area contributed by atoms with E-state index in [9.17, 15) is 29.7 Å². The van der Waals surface area contributed by atoms with Gasteiger partial charge in [0, 0.05) is 40.8 Å². The largest absolute Gasteiger partial charge is 3.00 e. The van der Waals surface area contributed by atoms with Crippen molar-refractivity contribution in [3.63, 3.8) is 0 Å². The smallest absolute Gasteiger partial charge is 0.548 e. The van der Waals surface area contributed by atoms with Gasteiger partial charge >= 0.3 is 17.1 Å². The molecule has 0 fully saturated rings. The Bertz CT molecular complexity index is 283. The fourth-order valence-electron chi connectivity index (χ4n) is 0.224. The van der Waals surface area contributed by atoms with E-state index in [1.54, 1.807) is 0 Å². The van der Waals surface area contributed by atoms with Gasteiger partial charge in [-0.15, -0.1) is 0 Å². The van der Waals surface area contributed by atoms with Gasteiger partial charge in [-0.1, -0.05) is 0 Å². The number of carboxylic acid groups (broad SMARTS) is 3. The van der Waals surface area contributed by atoms with Gasteiger partial charge in [-0.05, 0) is 0 Å². The van der Waals surface area contributed by atoms with Gasteiger partial charge in [-0.2, -0.15) is 0 Å². The monoisotopic (exact) mass is 524 g/mol. The van der Waals surface area contributed by atoms with Crippen molar-refractivity contribution >= 4 is 26.3 Å². The van der Waals surface area contributed by atoms with Crippen LogP contribution in [0, 0.1) is 40.8 Å². The normalized spacial score (nSPS) is 11.8. The molecule has 3 atom stereocenters. The number of aliphatic hydroxyl groups excluding tert-OH is 3. The molecule has 0 rings (SSSR count). The summed E-state index contributed by atoms with van der Waals surface area (Å²) in [4.78, 5) is 28.6. The molecular weight excluding hydrogens is 505 g/mol. The van der Waals surface area contributed by atoms with Crippen LogP contribution in [0.5, 0.6) is 0 Å². The first kappa shape index (κ1) is 39.3. The maximum Gasteiger partial charge on any atom is 3.00 e. The third-order valence-corrected chi connectivity index (χ3v) is 1.50. The van der Waals surface area contributed by atoms with E-state index >= 15 is 0 Å². The molecule has 9 N–H and O–H groups in total. The van der Waals surface area contributed by atoms with Crippen molar-refractivity contribution in [2.75, 3.05) is 19.8 Å². The van der Waals surface area contributed by atoms with Gasteiger partial charge in [-0.25, -0.2) is 0 Å². The molecule has 0 heterocycles. The van der Waals surface area contributed by atoms with Gasteiger partial charge in [0.15, 0.2) is 0 Å². The molecule has 24 heavy (non-hydrogen) atoms. The second-order valence-corrected chi connectivity index (χ2v) is 3.32. The summed E-state index contributed by atoms with van der Waals surface area (Å²) in [6, 6.07) is -3.71. The second kappa shape index (κ2) is 25.3. The molecule has 0 aliphatic rings. The van der Waals surface area contributed by atoms with Crippen LogP contribution >= 0.6 is 0 Å². The van der Waals surface area contributed by atoms with Crippen LogP contribution in [0.1, 0.15) is 0 Å². The van der Waals surface area contributed by atoms with Crippen LogP contribution in [0.15, 0.2) is 0 Å². The minimum atomic E-state index is -1.43. The first-order valence-corrected chi connectivity index (χ1v) is 5.26. The molecule has 15 heteroatoms. The van der Waals surface area contributed by atoms with Crippen LogP contribution in [0.4, 0.5) is 0 Å². The first-order chi connectivity index (χ1) is 9.54. The zero-order valence-corrected chi connectivity index (χ0v) is 16.0. The van der Waals surface area contributed by atoms with Crippen molar-refractivity contribution in [3.05, 3.63) is 0 Å². The number of aliphatic hydroxyl groups is 3. The fraction of sp³-hybridized carbons (Fsp3) is 0.667. The maximum absolute atomic E-state index is 9.53. The molecular formula is C9H21BFeN3NdO9. The summed E-state index contributed by atoms with van der Waals surface area (Å²) < 4.78 is 0.